The molecule has 1 unspecified atom stereocenters. The molecule has 2 aromatic rings. The van der Waals surface area contributed by atoms with Gasteiger partial charge >= 0.3 is 0 Å². The van der Waals surface area contributed by atoms with Gasteiger partial charge in [-0.1, -0.05) is 37.3 Å². The lowest BCUT2D eigenvalue weighted by molar-refractivity contribution is 0.788. The van der Waals surface area contributed by atoms with Crippen LogP contribution in [0.2, 0.25) is 0 Å². The molecular weight excluding hydrogens is 224 g/mol. The number of nitrogens with one attached hydrogen (secondary N) is 1. The van der Waals surface area contributed by atoms with E-state index in [1.165, 1.54) is 0 Å². The fraction of sp³-hybridized carbons (Fsp3) is 0.214. The first-order chi connectivity index (χ1) is 8.90. The van der Waals surface area contributed by atoms with Crippen LogP contribution in [0.5, 0.6) is 0 Å². The van der Waals surface area contributed by atoms with Crippen molar-refractivity contribution in [2.45, 2.75) is 19.3 Å². The van der Waals surface area contributed by atoms with Crippen molar-refractivity contribution < 1.29 is 0 Å². The lowest BCUT2D eigenvalue weighted by atomic mass is 9.90. The van der Waals surface area contributed by atoms with Crippen molar-refractivity contribution in [1.82, 2.24) is 9.97 Å². The molecule has 90 valence electrons. The maximum Gasteiger partial charge on any atom is 0.168 e. The van der Waals surface area contributed by atoms with Crippen LogP contribution in [0.15, 0.2) is 47.8 Å². The molecule has 4 heteroatoms. The van der Waals surface area contributed by atoms with Crippen LogP contribution in [0.3, 0.4) is 0 Å². The normalized spacial score (nSPS) is 17.6. The van der Waals surface area contributed by atoms with Crippen LogP contribution in [0.25, 0.3) is 0 Å². The number of anilines is 1. The van der Waals surface area contributed by atoms with Gasteiger partial charge in [-0.3, -0.25) is 10.4 Å². The van der Waals surface area contributed by atoms with Crippen molar-refractivity contribution in [2.75, 3.05) is 5.43 Å². The summed E-state index contributed by atoms with van der Waals surface area (Å²) < 4.78 is 0. The Hall–Kier alpha value is -2.23. The number of nitrogens with zero attached hydrogens (tertiary/aromatic N) is 3. The lowest BCUT2D eigenvalue weighted by Gasteiger charge is -2.23. The van der Waals surface area contributed by atoms with E-state index < -0.39 is 0 Å². The molecule has 0 fully saturated rings. The van der Waals surface area contributed by atoms with E-state index >= 15 is 0 Å². The minimum absolute atomic E-state index is 0.206. The average molecular weight is 238 g/mol. The summed E-state index contributed by atoms with van der Waals surface area (Å²) in [4.78, 5) is 8.71. The molecule has 0 radical (unpaired) electrons. The van der Waals surface area contributed by atoms with Gasteiger partial charge in [-0.05, 0) is 12.0 Å². The van der Waals surface area contributed by atoms with Gasteiger partial charge in [0.25, 0.3) is 0 Å². The van der Waals surface area contributed by atoms with Gasteiger partial charge in [0.05, 0.1) is 11.4 Å². The van der Waals surface area contributed by atoms with Crippen molar-refractivity contribution in [3.63, 3.8) is 0 Å². The second-order valence-corrected chi connectivity index (χ2v) is 4.23. The van der Waals surface area contributed by atoms with Crippen LogP contribution in [0.1, 0.15) is 30.5 Å². The van der Waals surface area contributed by atoms with E-state index in [0.717, 1.165) is 29.2 Å². The van der Waals surface area contributed by atoms with Crippen LogP contribution < -0.4 is 5.43 Å². The monoisotopic (exact) mass is 238 g/mol. The molecule has 2 heterocycles. The third kappa shape index (κ3) is 1.76. The molecule has 0 bridgehead atoms. The highest BCUT2D eigenvalue weighted by Gasteiger charge is 2.26. The van der Waals surface area contributed by atoms with Crippen molar-refractivity contribution in [3.8, 4) is 0 Å². The summed E-state index contributed by atoms with van der Waals surface area (Å²) in [5.74, 6) is 0.974. The third-order valence-electron chi connectivity index (χ3n) is 3.15. The van der Waals surface area contributed by atoms with Crippen molar-refractivity contribution in [1.29, 1.82) is 0 Å². The molecule has 0 saturated carbocycles. The highest BCUT2D eigenvalue weighted by molar-refractivity contribution is 6.06. The topological polar surface area (TPSA) is 50.2 Å². The van der Waals surface area contributed by atoms with Crippen LogP contribution in [-0.2, 0) is 0 Å². The summed E-state index contributed by atoms with van der Waals surface area (Å²) >= 11 is 0. The Balaban J connectivity index is 2.06. The molecule has 1 atom stereocenters. The number of aromatic nitrogens is 2. The molecule has 0 amide bonds. The molecule has 3 rings (SSSR count). The number of fused-ring (bicyclic) bond motifs is 1. The Morgan fingerprint density at radius 1 is 1.11 bits per heavy atom. The standard InChI is InChI=1S/C14H14N4/c1-2-11-12(10-6-4-3-5-7-10)17-18-14-13(11)15-8-9-16-14/h3-9,11H,2H2,1H3,(H,16,18). The first-order valence-electron chi connectivity index (χ1n) is 6.10. The second kappa shape index (κ2) is 4.56. The predicted molar refractivity (Wildman–Crippen MR) is 71.7 cm³/mol. The molecule has 0 aliphatic carbocycles. The van der Waals surface area contributed by atoms with Gasteiger partial charge in [0.15, 0.2) is 5.82 Å². The first-order valence-corrected chi connectivity index (χ1v) is 6.10. The van der Waals surface area contributed by atoms with E-state index in [4.69, 9.17) is 0 Å². The number of hydrazone groups is 1. The summed E-state index contributed by atoms with van der Waals surface area (Å²) in [5, 5.41) is 4.46. The molecule has 1 aliphatic heterocycles. The largest absolute Gasteiger partial charge is 0.260 e. The minimum atomic E-state index is 0.206. The summed E-state index contributed by atoms with van der Waals surface area (Å²) in [6.45, 7) is 2.15. The summed E-state index contributed by atoms with van der Waals surface area (Å²) in [6.07, 6.45) is 4.37. The molecule has 4 nitrogen and oxygen atoms in total. The van der Waals surface area contributed by atoms with Crippen LogP contribution >= 0.6 is 0 Å². The van der Waals surface area contributed by atoms with Crippen LogP contribution in [-0.4, -0.2) is 15.7 Å². The van der Waals surface area contributed by atoms with Gasteiger partial charge in [-0.25, -0.2) is 4.98 Å². The number of hydrogen-bond donors (Lipinski definition) is 1. The van der Waals surface area contributed by atoms with Crippen LogP contribution in [0, 0.1) is 0 Å². The molecule has 1 aromatic heterocycles. The quantitative estimate of drug-likeness (QED) is 0.875. The van der Waals surface area contributed by atoms with Crippen LogP contribution in [0.4, 0.5) is 5.82 Å². The Morgan fingerprint density at radius 3 is 2.67 bits per heavy atom. The maximum atomic E-state index is 4.46. The third-order valence-corrected chi connectivity index (χ3v) is 3.15. The van der Waals surface area contributed by atoms with E-state index in [2.05, 4.69) is 39.6 Å². The lowest BCUT2D eigenvalue weighted by Crippen LogP contribution is -2.22. The van der Waals surface area contributed by atoms with Crippen molar-refractivity contribution in [2.24, 2.45) is 5.10 Å². The summed E-state index contributed by atoms with van der Waals surface area (Å²) in [7, 11) is 0. The Bertz CT molecular complexity index is 577. The fourth-order valence-electron chi connectivity index (χ4n) is 2.27. The van der Waals surface area contributed by atoms with E-state index in [0.29, 0.717) is 0 Å². The van der Waals surface area contributed by atoms with E-state index in [1.54, 1.807) is 12.4 Å². The van der Waals surface area contributed by atoms with Gasteiger partial charge in [0.2, 0.25) is 0 Å². The average Bonchev–Trinajstić information content (AvgIpc) is 2.47. The molecule has 0 spiro atoms. The molecule has 1 aromatic carbocycles. The number of hydrogen-bond acceptors (Lipinski definition) is 4. The smallest absolute Gasteiger partial charge is 0.168 e. The Labute approximate surface area is 106 Å². The second-order valence-electron chi connectivity index (χ2n) is 4.23. The highest BCUT2D eigenvalue weighted by Crippen LogP contribution is 2.30. The van der Waals surface area contributed by atoms with Crippen molar-refractivity contribution in [3.05, 3.63) is 54.0 Å². The summed E-state index contributed by atoms with van der Waals surface area (Å²) in [5.41, 5.74) is 6.14. The maximum absolute atomic E-state index is 4.46. The Kier molecular flexibility index (Phi) is 2.76. The molecule has 1 aliphatic rings. The summed E-state index contributed by atoms with van der Waals surface area (Å²) in [6, 6.07) is 10.2. The van der Waals surface area contributed by atoms with E-state index in [-0.39, 0.29) is 5.92 Å². The van der Waals surface area contributed by atoms with Gasteiger partial charge in [0, 0.05) is 18.3 Å². The van der Waals surface area contributed by atoms with Gasteiger partial charge in [0.1, 0.15) is 0 Å². The SMILES string of the molecule is CCC1C(c2ccccc2)=NNc2nccnc21. The fourth-order valence-corrected chi connectivity index (χ4v) is 2.27. The molecule has 1 N–H and O–H groups in total. The predicted octanol–water partition coefficient (Wildman–Crippen LogP) is 2.80. The molecule has 18 heavy (non-hydrogen) atoms. The van der Waals surface area contributed by atoms with E-state index in [1.807, 2.05) is 18.2 Å². The van der Waals surface area contributed by atoms with E-state index in [9.17, 15) is 0 Å². The van der Waals surface area contributed by atoms with Crippen molar-refractivity contribution >= 4 is 11.5 Å². The zero-order chi connectivity index (χ0) is 12.4. The first kappa shape index (κ1) is 10.9. The minimum Gasteiger partial charge on any atom is -0.260 e. The number of benzene rings is 1. The molecule has 0 saturated heterocycles. The number of rotatable bonds is 2. The highest BCUT2D eigenvalue weighted by atomic mass is 15.3. The molecular formula is C14H14N4. The van der Waals surface area contributed by atoms with Gasteiger partial charge in [-0.2, -0.15) is 5.10 Å². The van der Waals surface area contributed by atoms with Gasteiger partial charge in [-0.15, -0.1) is 0 Å². The zero-order valence-electron chi connectivity index (χ0n) is 10.2. The van der Waals surface area contributed by atoms with Gasteiger partial charge < -0.3 is 0 Å². The Morgan fingerprint density at radius 2 is 1.89 bits per heavy atom. The zero-order valence-corrected chi connectivity index (χ0v) is 10.2.